The molecule has 3 rings (SSSR count). The zero-order valence-electron chi connectivity index (χ0n) is 14.7. The van der Waals surface area contributed by atoms with Gasteiger partial charge in [-0.25, -0.2) is 4.79 Å². The van der Waals surface area contributed by atoms with E-state index in [1.165, 1.54) is 5.56 Å². The van der Waals surface area contributed by atoms with Gasteiger partial charge in [0, 0.05) is 24.6 Å². The van der Waals surface area contributed by atoms with Crippen molar-refractivity contribution in [1.29, 1.82) is 0 Å². The number of amides is 3. The van der Waals surface area contributed by atoms with E-state index in [9.17, 15) is 9.59 Å². The second-order valence-electron chi connectivity index (χ2n) is 6.26. The molecule has 1 unspecified atom stereocenters. The van der Waals surface area contributed by atoms with Crippen LogP contribution in [0, 0.1) is 0 Å². The minimum absolute atomic E-state index is 0.183. The van der Waals surface area contributed by atoms with Crippen LogP contribution in [0.1, 0.15) is 24.5 Å². The third-order valence-corrected chi connectivity index (χ3v) is 4.34. The van der Waals surface area contributed by atoms with Crippen molar-refractivity contribution in [2.45, 2.75) is 32.4 Å². The van der Waals surface area contributed by atoms with Gasteiger partial charge in [-0.05, 0) is 37.0 Å². The smallest absolute Gasteiger partial charge is 0.319 e. The SMILES string of the molecule is CC1=C(C(=O)NCc2cccnc2)C(CCc2ccccc2)NC(=O)N1. The molecule has 1 aromatic heterocycles. The molecule has 3 amide bonds. The van der Waals surface area contributed by atoms with Crippen LogP contribution >= 0.6 is 0 Å². The molecule has 1 aromatic carbocycles. The highest BCUT2D eigenvalue weighted by molar-refractivity contribution is 5.98. The van der Waals surface area contributed by atoms with Gasteiger partial charge in [-0.2, -0.15) is 0 Å². The van der Waals surface area contributed by atoms with Gasteiger partial charge in [-0.3, -0.25) is 9.78 Å². The summed E-state index contributed by atoms with van der Waals surface area (Å²) in [6.07, 6.45) is 4.84. The first kappa shape index (κ1) is 17.7. The van der Waals surface area contributed by atoms with Crippen molar-refractivity contribution < 1.29 is 9.59 Å². The number of allylic oxidation sites excluding steroid dienone is 1. The van der Waals surface area contributed by atoms with E-state index in [2.05, 4.69) is 20.9 Å². The Morgan fingerprint density at radius 2 is 1.92 bits per heavy atom. The van der Waals surface area contributed by atoms with Gasteiger partial charge in [-0.15, -0.1) is 0 Å². The van der Waals surface area contributed by atoms with Crippen molar-refractivity contribution in [1.82, 2.24) is 20.9 Å². The summed E-state index contributed by atoms with van der Waals surface area (Å²) in [5, 5.41) is 8.47. The molecular weight excluding hydrogens is 328 g/mol. The van der Waals surface area contributed by atoms with Gasteiger partial charge in [0.05, 0.1) is 11.6 Å². The molecule has 2 aromatic rings. The van der Waals surface area contributed by atoms with E-state index < -0.39 is 0 Å². The maximum atomic E-state index is 12.7. The number of urea groups is 1. The minimum Gasteiger partial charge on any atom is -0.348 e. The third-order valence-electron chi connectivity index (χ3n) is 4.34. The summed E-state index contributed by atoms with van der Waals surface area (Å²) in [6, 6.07) is 13.2. The molecule has 0 saturated heterocycles. The first-order chi connectivity index (χ1) is 12.6. The van der Waals surface area contributed by atoms with Crippen molar-refractivity contribution in [2.75, 3.05) is 0 Å². The Morgan fingerprint density at radius 3 is 2.65 bits per heavy atom. The van der Waals surface area contributed by atoms with E-state index in [4.69, 9.17) is 0 Å². The van der Waals surface area contributed by atoms with Crippen molar-refractivity contribution in [2.24, 2.45) is 0 Å². The lowest BCUT2D eigenvalue weighted by Gasteiger charge is -2.28. The zero-order chi connectivity index (χ0) is 18.4. The largest absolute Gasteiger partial charge is 0.348 e. The van der Waals surface area contributed by atoms with E-state index in [1.54, 1.807) is 19.3 Å². The van der Waals surface area contributed by atoms with Crippen LogP contribution in [0.5, 0.6) is 0 Å². The molecule has 0 bridgehead atoms. The number of hydrogen-bond acceptors (Lipinski definition) is 3. The lowest BCUT2D eigenvalue weighted by Crippen LogP contribution is -2.51. The number of aryl methyl sites for hydroxylation is 1. The number of nitrogens with zero attached hydrogens (tertiary/aromatic N) is 1. The molecule has 3 N–H and O–H groups in total. The first-order valence-corrected chi connectivity index (χ1v) is 8.63. The maximum absolute atomic E-state index is 12.7. The van der Waals surface area contributed by atoms with Crippen molar-refractivity contribution in [3.05, 3.63) is 77.3 Å². The number of benzene rings is 1. The first-order valence-electron chi connectivity index (χ1n) is 8.63. The summed E-state index contributed by atoms with van der Waals surface area (Å²) in [6.45, 7) is 2.15. The van der Waals surface area contributed by atoms with Crippen molar-refractivity contribution in [3.8, 4) is 0 Å². The van der Waals surface area contributed by atoms with Crippen LogP contribution in [0.25, 0.3) is 0 Å². The van der Waals surface area contributed by atoms with E-state index in [-0.39, 0.29) is 18.0 Å². The average molecular weight is 350 g/mol. The van der Waals surface area contributed by atoms with Gasteiger partial charge in [0.2, 0.25) is 0 Å². The Hall–Kier alpha value is -3.15. The molecule has 2 heterocycles. The fourth-order valence-corrected chi connectivity index (χ4v) is 3.05. The predicted molar refractivity (Wildman–Crippen MR) is 99.0 cm³/mol. The summed E-state index contributed by atoms with van der Waals surface area (Å²) >= 11 is 0. The molecule has 0 radical (unpaired) electrons. The number of nitrogens with one attached hydrogen (secondary N) is 3. The molecular formula is C20H22N4O2. The lowest BCUT2D eigenvalue weighted by molar-refractivity contribution is -0.118. The van der Waals surface area contributed by atoms with Gasteiger partial charge in [0.15, 0.2) is 0 Å². The Morgan fingerprint density at radius 1 is 1.15 bits per heavy atom. The molecule has 1 aliphatic heterocycles. The summed E-state index contributed by atoms with van der Waals surface area (Å²) < 4.78 is 0. The van der Waals surface area contributed by atoms with Crippen LogP contribution in [0.2, 0.25) is 0 Å². The number of aromatic nitrogens is 1. The number of pyridine rings is 1. The fraction of sp³-hybridized carbons (Fsp3) is 0.250. The van der Waals surface area contributed by atoms with Crippen molar-refractivity contribution in [3.63, 3.8) is 0 Å². The van der Waals surface area contributed by atoms with E-state index in [0.717, 1.165) is 12.0 Å². The highest BCUT2D eigenvalue weighted by Crippen LogP contribution is 2.18. The molecule has 6 heteroatoms. The molecule has 1 atom stereocenters. The van der Waals surface area contributed by atoms with Crippen LogP contribution < -0.4 is 16.0 Å². The summed E-state index contributed by atoms with van der Waals surface area (Å²) in [5.74, 6) is -0.183. The van der Waals surface area contributed by atoms with E-state index in [0.29, 0.717) is 24.2 Å². The van der Waals surface area contributed by atoms with Crippen LogP contribution in [-0.2, 0) is 17.8 Å². The second-order valence-corrected chi connectivity index (χ2v) is 6.26. The summed E-state index contributed by atoms with van der Waals surface area (Å²) in [4.78, 5) is 28.6. The van der Waals surface area contributed by atoms with Gasteiger partial charge in [0.25, 0.3) is 5.91 Å². The molecule has 0 fully saturated rings. The van der Waals surface area contributed by atoms with Crippen LogP contribution in [0.3, 0.4) is 0 Å². The Kier molecular flexibility index (Phi) is 5.63. The molecule has 6 nitrogen and oxygen atoms in total. The van der Waals surface area contributed by atoms with Crippen LogP contribution in [-0.4, -0.2) is 23.0 Å². The molecule has 1 aliphatic rings. The molecule has 0 aliphatic carbocycles. The number of rotatable bonds is 6. The van der Waals surface area contributed by atoms with Gasteiger partial charge >= 0.3 is 6.03 Å². The highest BCUT2D eigenvalue weighted by atomic mass is 16.2. The van der Waals surface area contributed by atoms with Gasteiger partial charge in [-0.1, -0.05) is 36.4 Å². The minimum atomic E-state index is -0.321. The van der Waals surface area contributed by atoms with Crippen LogP contribution in [0.4, 0.5) is 4.79 Å². The topological polar surface area (TPSA) is 83.1 Å². The van der Waals surface area contributed by atoms with E-state index >= 15 is 0 Å². The van der Waals surface area contributed by atoms with Crippen molar-refractivity contribution >= 4 is 11.9 Å². The Bertz CT molecular complexity index is 803. The Balaban J connectivity index is 1.69. The van der Waals surface area contributed by atoms with Gasteiger partial charge < -0.3 is 16.0 Å². The highest BCUT2D eigenvalue weighted by Gasteiger charge is 2.29. The standard InChI is InChI=1S/C20H22N4O2/c1-14-18(19(25)22-13-16-8-5-11-21-12-16)17(24-20(26)23-14)10-9-15-6-3-2-4-7-15/h2-8,11-12,17H,9-10,13H2,1H3,(H,22,25)(H2,23,24,26). The molecule has 26 heavy (non-hydrogen) atoms. The van der Waals surface area contributed by atoms with Crippen LogP contribution in [0.15, 0.2) is 66.1 Å². The fourth-order valence-electron chi connectivity index (χ4n) is 3.05. The number of hydrogen-bond donors (Lipinski definition) is 3. The molecule has 134 valence electrons. The Labute approximate surface area is 152 Å². The maximum Gasteiger partial charge on any atom is 0.319 e. The summed E-state index contributed by atoms with van der Waals surface area (Å²) in [5.41, 5.74) is 3.26. The molecule has 0 saturated carbocycles. The quantitative estimate of drug-likeness (QED) is 0.747. The average Bonchev–Trinajstić information content (AvgIpc) is 2.66. The number of carbonyl (C=O) groups is 2. The van der Waals surface area contributed by atoms with E-state index in [1.807, 2.05) is 42.5 Å². The lowest BCUT2D eigenvalue weighted by atomic mass is 9.95. The van der Waals surface area contributed by atoms with Gasteiger partial charge in [0.1, 0.15) is 0 Å². The third kappa shape index (κ3) is 4.47. The predicted octanol–water partition coefficient (Wildman–Crippen LogP) is 2.29. The second kappa shape index (κ2) is 8.29. The summed E-state index contributed by atoms with van der Waals surface area (Å²) in [7, 11) is 0. The molecule has 0 spiro atoms. The number of carbonyl (C=O) groups excluding carboxylic acids is 2. The normalized spacial score (nSPS) is 16.7. The monoisotopic (exact) mass is 350 g/mol. The zero-order valence-corrected chi connectivity index (χ0v) is 14.7.